The van der Waals surface area contributed by atoms with Crippen LogP contribution in [0.2, 0.25) is 0 Å². The fourth-order valence-electron chi connectivity index (χ4n) is 2.54. The molecule has 2 amide bonds. The van der Waals surface area contributed by atoms with Crippen LogP contribution in [-0.2, 0) is 13.1 Å². The summed E-state index contributed by atoms with van der Waals surface area (Å²) in [5.74, 6) is -0.292. The lowest BCUT2D eigenvalue weighted by Crippen LogP contribution is -2.44. The predicted octanol–water partition coefficient (Wildman–Crippen LogP) is 4.16. The third-order valence-electron chi connectivity index (χ3n) is 3.57. The van der Waals surface area contributed by atoms with Gasteiger partial charge < -0.3 is 4.90 Å². The molecule has 0 saturated heterocycles. The SMILES string of the molecule is CN1Cc2c(Br)cccc2N(Cc2cccc(F)c2)C1=O. The van der Waals surface area contributed by atoms with Gasteiger partial charge in [0.15, 0.2) is 0 Å². The van der Waals surface area contributed by atoms with E-state index in [1.165, 1.54) is 12.1 Å². The standard InChI is InChI=1S/C16H14BrFN2O/c1-19-10-13-14(17)6-3-7-15(13)20(16(19)21)9-11-4-2-5-12(18)8-11/h2-8H,9-10H2,1H3. The van der Waals surface area contributed by atoms with Crippen molar-refractivity contribution in [3.8, 4) is 0 Å². The molecule has 0 fully saturated rings. The molecule has 2 aromatic carbocycles. The van der Waals surface area contributed by atoms with Crippen LogP contribution in [-0.4, -0.2) is 18.0 Å². The average Bonchev–Trinajstić information content (AvgIpc) is 2.45. The number of nitrogens with zero attached hydrogens (tertiary/aromatic N) is 2. The molecule has 0 N–H and O–H groups in total. The van der Waals surface area contributed by atoms with Crippen molar-refractivity contribution in [2.24, 2.45) is 0 Å². The molecule has 5 heteroatoms. The van der Waals surface area contributed by atoms with Gasteiger partial charge in [-0.05, 0) is 29.8 Å². The highest BCUT2D eigenvalue weighted by Gasteiger charge is 2.29. The van der Waals surface area contributed by atoms with Gasteiger partial charge in [0.25, 0.3) is 0 Å². The Bertz CT molecular complexity index is 704. The summed E-state index contributed by atoms with van der Waals surface area (Å²) in [4.78, 5) is 15.8. The number of rotatable bonds is 2. The van der Waals surface area contributed by atoms with E-state index in [4.69, 9.17) is 0 Å². The van der Waals surface area contributed by atoms with Crippen LogP contribution in [0.3, 0.4) is 0 Å². The number of hydrogen-bond donors (Lipinski definition) is 0. The van der Waals surface area contributed by atoms with Gasteiger partial charge >= 0.3 is 6.03 Å². The smallest absolute Gasteiger partial charge is 0.323 e. The molecule has 3 nitrogen and oxygen atoms in total. The Kier molecular flexibility index (Phi) is 3.68. The number of anilines is 1. The van der Waals surface area contributed by atoms with E-state index in [2.05, 4.69) is 15.9 Å². The number of amides is 2. The number of benzene rings is 2. The van der Waals surface area contributed by atoms with Crippen LogP contribution in [0.4, 0.5) is 14.9 Å². The minimum atomic E-state index is -0.292. The summed E-state index contributed by atoms with van der Waals surface area (Å²) >= 11 is 3.53. The summed E-state index contributed by atoms with van der Waals surface area (Å²) in [6.45, 7) is 0.916. The summed E-state index contributed by atoms with van der Waals surface area (Å²) in [5, 5.41) is 0. The Balaban J connectivity index is 2.01. The Hall–Kier alpha value is -1.88. The van der Waals surface area contributed by atoms with Crippen LogP contribution >= 0.6 is 15.9 Å². The number of urea groups is 1. The van der Waals surface area contributed by atoms with E-state index in [0.717, 1.165) is 21.3 Å². The average molecular weight is 349 g/mol. The number of fused-ring (bicyclic) bond motifs is 1. The fraction of sp³-hybridized carbons (Fsp3) is 0.188. The van der Waals surface area contributed by atoms with E-state index >= 15 is 0 Å². The molecule has 0 radical (unpaired) electrons. The van der Waals surface area contributed by atoms with Crippen LogP contribution in [0.25, 0.3) is 0 Å². The summed E-state index contributed by atoms with van der Waals surface area (Å²) in [6, 6.07) is 12.0. The van der Waals surface area contributed by atoms with E-state index in [1.54, 1.807) is 22.9 Å². The number of hydrogen-bond acceptors (Lipinski definition) is 1. The molecule has 108 valence electrons. The third-order valence-corrected chi connectivity index (χ3v) is 4.31. The van der Waals surface area contributed by atoms with Crippen LogP contribution in [0.15, 0.2) is 46.9 Å². The highest BCUT2D eigenvalue weighted by Crippen LogP contribution is 2.34. The normalized spacial score (nSPS) is 14.3. The first-order valence-corrected chi connectivity index (χ1v) is 7.40. The molecule has 1 heterocycles. The first kappa shape index (κ1) is 14.1. The van der Waals surface area contributed by atoms with Crippen LogP contribution < -0.4 is 4.90 Å². The largest absolute Gasteiger partial charge is 0.324 e. The second kappa shape index (κ2) is 5.48. The van der Waals surface area contributed by atoms with Crippen molar-refractivity contribution in [1.82, 2.24) is 4.90 Å². The lowest BCUT2D eigenvalue weighted by Gasteiger charge is -2.35. The van der Waals surface area contributed by atoms with Gasteiger partial charge in [0.2, 0.25) is 0 Å². The summed E-state index contributed by atoms with van der Waals surface area (Å²) in [6.07, 6.45) is 0. The number of halogens is 2. The van der Waals surface area contributed by atoms with E-state index in [-0.39, 0.29) is 11.8 Å². The van der Waals surface area contributed by atoms with Gasteiger partial charge in [0.1, 0.15) is 5.82 Å². The molecule has 0 bridgehead atoms. The van der Waals surface area contributed by atoms with E-state index in [1.807, 2.05) is 24.3 Å². The van der Waals surface area contributed by atoms with Gasteiger partial charge in [-0.15, -0.1) is 0 Å². The molecule has 1 aliphatic rings. The quantitative estimate of drug-likeness (QED) is 0.799. The molecule has 21 heavy (non-hydrogen) atoms. The highest BCUT2D eigenvalue weighted by atomic mass is 79.9. The molecule has 0 atom stereocenters. The van der Waals surface area contributed by atoms with E-state index in [9.17, 15) is 9.18 Å². The molecule has 0 saturated carbocycles. The maximum Gasteiger partial charge on any atom is 0.324 e. The van der Waals surface area contributed by atoms with E-state index in [0.29, 0.717) is 13.1 Å². The first-order valence-electron chi connectivity index (χ1n) is 6.61. The van der Waals surface area contributed by atoms with Gasteiger partial charge in [-0.25, -0.2) is 9.18 Å². The first-order chi connectivity index (χ1) is 10.1. The zero-order chi connectivity index (χ0) is 15.0. The van der Waals surface area contributed by atoms with Crippen LogP contribution in [0.5, 0.6) is 0 Å². The Morgan fingerprint density at radius 1 is 1.24 bits per heavy atom. The van der Waals surface area contributed by atoms with Gasteiger partial charge in [-0.1, -0.05) is 34.1 Å². The zero-order valence-electron chi connectivity index (χ0n) is 11.5. The molecule has 2 aromatic rings. The van der Waals surface area contributed by atoms with E-state index < -0.39 is 0 Å². The summed E-state index contributed by atoms with van der Waals surface area (Å²) in [5.41, 5.74) is 2.71. The van der Waals surface area contributed by atoms with Crippen LogP contribution in [0.1, 0.15) is 11.1 Å². The monoisotopic (exact) mass is 348 g/mol. The Morgan fingerprint density at radius 3 is 2.76 bits per heavy atom. The highest BCUT2D eigenvalue weighted by molar-refractivity contribution is 9.10. The van der Waals surface area contributed by atoms with Gasteiger partial charge in [-0.2, -0.15) is 0 Å². The van der Waals surface area contributed by atoms with Crippen LogP contribution in [0, 0.1) is 5.82 Å². The van der Waals surface area contributed by atoms with Crippen molar-refractivity contribution in [3.63, 3.8) is 0 Å². The fourth-order valence-corrected chi connectivity index (χ4v) is 3.02. The minimum absolute atomic E-state index is 0.0788. The summed E-state index contributed by atoms with van der Waals surface area (Å²) < 4.78 is 14.3. The maximum atomic E-state index is 13.3. The topological polar surface area (TPSA) is 23.6 Å². The Labute approximate surface area is 131 Å². The number of carbonyl (C=O) groups excluding carboxylic acids is 1. The molecule has 0 spiro atoms. The lowest BCUT2D eigenvalue weighted by molar-refractivity contribution is 0.210. The third kappa shape index (κ3) is 2.65. The second-order valence-corrected chi connectivity index (χ2v) is 5.95. The molecular weight excluding hydrogens is 335 g/mol. The molecule has 1 aliphatic heterocycles. The number of carbonyl (C=O) groups is 1. The maximum absolute atomic E-state index is 13.3. The lowest BCUT2D eigenvalue weighted by atomic mass is 10.1. The van der Waals surface area contributed by atoms with Crippen molar-refractivity contribution < 1.29 is 9.18 Å². The molecular formula is C16H14BrFN2O. The second-order valence-electron chi connectivity index (χ2n) is 5.09. The van der Waals surface area contributed by atoms with Gasteiger partial charge in [0, 0.05) is 17.1 Å². The molecule has 0 aliphatic carbocycles. The zero-order valence-corrected chi connectivity index (χ0v) is 13.1. The van der Waals surface area contributed by atoms with Crippen molar-refractivity contribution in [2.75, 3.05) is 11.9 Å². The predicted molar refractivity (Wildman–Crippen MR) is 83.6 cm³/mol. The van der Waals surface area contributed by atoms with Crippen molar-refractivity contribution in [2.45, 2.75) is 13.1 Å². The van der Waals surface area contributed by atoms with Crippen molar-refractivity contribution in [3.05, 3.63) is 63.9 Å². The van der Waals surface area contributed by atoms with Gasteiger partial charge in [0.05, 0.1) is 18.8 Å². The molecule has 0 unspecified atom stereocenters. The van der Waals surface area contributed by atoms with Crippen molar-refractivity contribution >= 4 is 27.6 Å². The summed E-state index contributed by atoms with van der Waals surface area (Å²) in [7, 11) is 1.77. The molecule has 0 aromatic heterocycles. The molecule has 3 rings (SSSR count). The van der Waals surface area contributed by atoms with Crippen molar-refractivity contribution in [1.29, 1.82) is 0 Å². The Morgan fingerprint density at radius 2 is 2.00 bits per heavy atom. The van der Waals surface area contributed by atoms with Gasteiger partial charge in [-0.3, -0.25) is 4.90 Å². The minimum Gasteiger partial charge on any atom is -0.323 e.